The summed E-state index contributed by atoms with van der Waals surface area (Å²) >= 11 is 6.36. The van der Waals surface area contributed by atoms with E-state index in [4.69, 9.17) is 18.0 Å². The molecular weight excluding hydrogens is 364 g/mol. The van der Waals surface area contributed by atoms with Gasteiger partial charge in [-0.1, -0.05) is 41.8 Å². The standard InChI is InChI=1S/C22H23ClO4/c1-2-13-3-5-14(6-4-13)9-16-10-15(7-8-19(16)23)18-11-17(12-24)20(25)22(27)21(18)26/h1,3-8,10,17-18,20-22,24-27H,9,11-12H2/t17-,18+,20-,21+,22+/m1/s1. The van der Waals surface area contributed by atoms with Crippen molar-refractivity contribution in [2.75, 3.05) is 6.61 Å². The molecule has 5 heteroatoms. The third kappa shape index (κ3) is 4.19. The van der Waals surface area contributed by atoms with E-state index in [0.717, 1.165) is 22.3 Å². The van der Waals surface area contributed by atoms with Crippen LogP contribution in [0.4, 0.5) is 0 Å². The first kappa shape index (κ1) is 19.9. The first-order chi connectivity index (χ1) is 12.9. The summed E-state index contributed by atoms with van der Waals surface area (Å²) in [5.41, 5.74) is 3.59. The van der Waals surface area contributed by atoms with Crippen molar-refractivity contribution in [2.24, 2.45) is 5.92 Å². The lowest BCUT2D eigenvalue weighted by atomic mass is 9.73. The maximum Gasteiger partial charge on any atom is 0.107 e. The van der Waals surface area contributed by atoms with Crippen molar-refractivity contribution in [3.05, 3.63) is 69.7 Å². The lowest BCUT2D eigenvalue weighted by Gasteiger charge is -2.40. The number of aliphatic hydroxyl groups excluding tert-OH is 4. The second kappa shape index (κ2) is 8.43. The molecule has 0 bridgehead atoms. The van der Waals surface area contributed by atoms with Gasteiger partial charge in [0.05, 0.1) is 12.2 Å². The maximum atomic E-state index is 10.4. The second-order valence-electron chi connectivity index (χ2n) is 7.13. The smallest absolute Gasteiger partial charge is 0.107 e. The molecule has 1 fully saturated rings. The van der Waals surface area contributed by atoms with Gasteiger partial charge in [-0.05, 0) is 47.7 Å². The normalized spacial score (nSPS) is 27.9. The van der Waals surface area contributed by atoms with Gasteiger partial charge in [0.1, 0.15) is 6.10 Å². The molecule has 0 aromatic heterocycles. The molecule has 2 aromatic rings. The van der Waals surface area contributed by atoms with Crippen LogP contribution in [0.5, 0.6) is 0 Å². The topological polar surface area (TPSA) is 80.9 Å². The number of hydrogen-bond donors (Lipinski definition) is 4. The number of terminal acetylenes is 1. The van der Waals surface area contributed by atoms with Crippen LogP contribution in [0.3, 0.4) is 0 Å². The van der Waals surface area contributed by atoms with Crippen molar-refractivity contribution >= 4 is 11.6 Å². The zero-order valence-electron chi connectivity index (χ0n) is 14.8. The van der Waals surface area contributed by atoms with E-state index in [1.807, 2.05) is 36.4 Å². The van der Waals surface area contributed by atoms with E-state index in [-0.39, 0.29) is 12.5 Å². The molecule has 0 radical (unpaired) electrons. The molecule has 1 aliphatic rings. The Balaban J connectivity index is 1.86. The first-order valence-corrected chi connectivity index (χ1v) is 9.31. The van der Waals surface area contributed by atoms with Gasteiger partial charge in [-0.3, -0.25) is 0 Å². The minimum absolute atomic E-state index is 0.247. The van der Waals surface area contributed by atoms with Gasteiger partial charge in [-0.25, -0.2) is 0 Å². The minimum atomic E-state index is -1.30. The average molecular weight is 387 g/mol. The van der Waals surface area contributed by atoms with Crippen molar-refractivity contribution in [3.8, 4) is 12.3 Å². The van der Waals surface area contributed by atoms with Gasteiger partial charge >= 0.3 is 0 Å². The van der Waals surface area contributed by atoms with Gasteiger partial charge in [-0.2, -0.15) is 0 Å². The summed E-state index contributed by atoms with van der Waals surface area (Å²) in [7, 11) is 0. The Bertz CT molecular complexity index is 825. The molecule has 27 heavy (non-hydrogen) atoms. The Morgan fingerprint density at radius 2 is 1.70 bits per heavy atom. The highest BCUT2D eigenvalue weighted by molar-refractivity contribution is 6.31. The summed E-state index contributed by atoms with van der Waals surface area (Å²) in [6, 6.07) is 13.2. The fourth-order valence-corrected chi connectivity index (χ4v) is 3.92. The van der Waals surface area contributed by atoms with E-state index in [2.05, 4.69) is 5.92 Å². The molecule has 0 amide bonds. The van der Waals surface area contributed by atoms with Gasteiger partial charge in [-0.15, -0.1) is 6.42 Å². The van der Waals surface area contributed by atoms with Gasteiger partial charge in [0.25, 0.3) is 0 Å². The van der Waals surface area contributed by atoms with Gasteiger partial charge in [0.2, 0.25) is 0 Å². The number of aliphatic hydroxyl groups is 4. The van der Waals surface area contributed by atoms with E-state index < -0.39 is 24.2 Å². The molecule has 2 aromatic carbocycles. The van der Waals surface area contributed by atoms with E-state index in [1.165, 1.54) is 0 Å². The molecule has 3 rings (SSSR count). The lowest BCUT2D eigenvalue weighted by Crippen LogP contribution is -2.51. The van der Waals surface area contributed by atoms with Crippen LogP contribution in [-0.2, 0) is 6.42 Å². The highest BCUT2D eigenvalue weighted by atomic mass is 35.5. The van der Waals surface area contributed by atoms with Crippen LogP contribution in [0.25, 0.3) is 0 Å². The molecule has 4 nitrogen and oxygen atoms in total. The minimum Gasteiger partial charge on any atom is -0.396 e. The van der Waals surface area contributed by atoms with Gasteiger partial charge in [0, 0.05) is 29.0 Å². The fourth-order valence-electron chi connectivity index (χ4n) is 3.74. The van der Waals surface area contributed by atoms with Crippen LogP contribution in [0.15, 0.2) is 42.5 Å². The Hall–Kier alpha value is -1.87. The van der Waals surface area contributed by atoms with E-state index in [0.29, 0.717) is 17.9 Å². The summed E-state index contributed by atoms with van der Waals surface area (Å²) in [5, 5.41) is 40.7. The Labute approximate surface area is 164 Å². The van der Waals surface area contributed by atoms with Crippen LogP contribution >= 0.6 is 11.6 Å². The third-order valence-electron chi connectivity index (χ3n) is 5.40. The number of hydrogen-bond acceptors (Lipinski definition) is 4. The van der Waals surface area contributed by atoms with Crippen LogP contribution < -0.4 is 0 Å². The molecule has 142 valence electrons. The maximum absolute atomic E-state index is 10.4. The molecule has 0 heterocycles. The van der Waals surface area contributed by atoms with Crippen molar-refractivity contribution in [2.45, 2.75) is 37.1 Å². The van der Waals surface area contributed by atoms with Crippen molar-refractivity contribution in [1.82, 2.24) is 0 Å². The summed E-state index contributed by atoms with van der Waals surface area (Å²) < 4.78 is 0. The molecular formula is C22H23ClO4. The molecule has 4 N–H and O–H groups in total. The van der Waals surface area contributed by atoms with Crippen LogP contribution in [0.1, 0.15) is 34.6 Å². The summed E-state index contributed by atoms with van der Waals surface area (Å²) in [6.45, 7) is -0.247. The quantitative estimate of drug-likeness (QED) is 0.606. The summed E-state index contributed by atoms with van der Waals surface area (Å²) in [6.07, 6.45) is 2.84. The van der Waals surface area contributed by atoms with Crippen molar-refractivity contribution < 1.29 is 20.4 Å². The molecule has 1 aliphatic carbocycles. The summed E-state index contributed by atoms with van der Waals surface area (Å²) in [5.74, 6) is 1.71. The third-order valence-corrected chi connectivity index (χ3v) is 5.77. The zero-order valence-corrected chi connectivity index (χ0v) is 15.5. The highest BCUT2D eigenvalue weighted by Crippen LogP contribution is 2.38. The Morgan fingerprint density at radius 3 is 2.33 bits per heavy atom. The zero-order chi connectivity index (χ0) is 19.6. The molecule has 1 saturated carbocycles. The monoisotopic (exact) mass is 386 g/mol. The molecule has 0 saturated heterocycles. The number of benzene rings is 2. The Morgan fingerprint density at radius 1 is 1.00 bits per heavy atom. The van der Waals surface area contributed by atoms with Crippen LogP contribution in [0.2, 0.25) is 5.02 Å². The predicted octanol–water partition coefficient (Wildman–Crippen LogP) is 2.09. The van der Waals surface area contributed by atoms with Gasteiger partial charge < -0.3 is 20.4 Å². The number of rotatable bonds is 4. The average Bonchev–Trinajstić information content (AvgIpc) is 2.69. The lowest BCUT2D eigenvalue weighted by molar-refractivity contribution is -0.127. The molecule has 0 aliphatic heterocycles. The van der Waals surface area contributed by atoms with Gasteiger partial charge in [0.15, 0.2) is 0 Å². The second-order valence-corrected chi connectivity index (χ2v) is 7.53. The van der Waals surface area contributed by atoms with E-state index >= 15 is 0 Å². The van der Waals surface area contributed by atoms with Crippen molar-refractivity contribution in [3.63, 3.8) is 0 Å². The highest BCUT2D eigenvalue weighted by Gasteiger charge is 2.42. The molecule has 5 atom stereocenters. The predicted molar refractivity (Wildman–Crippen MR) is 105 cm³/mol. The largest absolute Gasteiger partial charge is 0.396 e. The van der Waals surface area contributed by atoms with E-state index in [9.17, 15) is 20.4 Å². The van der Waals surface area contributed by atoms with Crippen molar-refractivity contribution in [1.29, 1.82) is 0 Å². The van der Waals surface area contributed by atoms with Crippen LogP contribution in [-0.4, -0.2) is 45.3 Å². The van der Waals surface area contributed by atoms with E-state index in [1.54, 1.807) is 6.07 Å². The summed E-state index contributed by atoms with van der Waals surface area (Å²) in [4.78, 5) is 0. The fraction of sp³-hybridized carbons (Fsp3) is 0.364. The molecule has 0 unspecified atom stereocenters. The molecule has 0 spiro atoms. The Kier molecular flexibility index (Phi) is 6.21. The first-order valence-electron chi connectivity index (χ1n) is 8.93. The van der Waals surface area contributed by atoms with Crippen LogP contribution in [0, 0.1) is 18.3 Å². The SMILES string of the molecule is C#Cc1ccc(Cc2cc([C@@H]3C[C@H](CO)[C@@H](O)[C@H](O)[C@H]3O)ccc2Cl)cc1. The number of halogens is 1.